The summed E-state index contributed by atoms with van der Waals surface area (Å²) in [6, 6.07) is 5.82. The SMILES string of the molecule is CC(=O)c1cc(Br)cc(CN(C)C)c1. The van der Waals surface area contributed by atoms with Crippen LogP contribution in [-0.2, 0) is 6.54 Å². The maximum absolute atomic E-state index is 11.2. The number of rotatable bonds is 3. The maximum Gasteiger partial charge on any atom is 0.159 e. The van der Waals surface area contributed by atoms with Gasteiger partial charge in [-0.2, -0.15) is 0 Å². The number of hydrogen-bond acceptors (Lipinski definition) is 2. The van der Waals surface area contributed by atoms with Crippen molar-refractivity contribution in [1.29, 1.82) is 0 Å². The zero-order valence-electron chi connectivity index (χ0n) is 8.67. The summed E-state index contributed by atoms with van der Waals surface area (Å²) in [5.41, 5.74) is 1.91. The Balaban J connectivity index is 3.01. The minimum Gasteiger partial charge on any atom is -0.305 e. The highest BCUT2D eigenvalue weighted by Crippen LogP contribution is 2.17. The molecule has 0 N–H and O–H groups in total. The molecule has 0 aliphatic carbocycles. The lowest BCUT2D eigenvalue weighted by Crippen LogP contribution is -2.11. The predicted molar refractivity (Wildman–Crippen MR) is 61.5 cm³/mol. The van der Waals surface area contributed by atoms with Crippen LogP contribution in [0.5, 0.6) is 0 Å². The quantitative estimate of drug-likeness (QED) is 0.775. The van der Waals surface area contributed by atoms with Crippen LogP contribution in [-0.4, -0.2) is 24.8 Å². The van der Waals surface area contributed by atoms with Crippen molar-refractivity contribution in [1.82, 2.24) is 4.90 Å². The fourth-order valence-electron chi connectivity index (χ4n) is 1.31. The number of halogens is 1. The molecule has 0 heterocycles. The summed E-state index contributed by atoms with van der Waals surface area (Å²) in [7, 11) is 4.02. The van der Waals surface area contributed by atoms with E-state index in [0.717, 1.165) is 22.1 Å². The molecule has 0 aliphatic heterocycles. The molecule has 0 aliphatic rings. The second-order valence-electron chi connectivity index (χ2n) is 3.64. The van der Waals surface area contributed by atoms with Crippen molar-refractivity contribution in [3.63, 3.8) is 0 Å². The molecular formula is C11H14BrNO. The normalized spacial score (nSPS) is 10.6. The molecule has 1 rings (SSSR count). The third-order valence-corrected chi connectivity index (χ3v) is 2.32. The van der Waals surface area contributed by atoms with Crippen molar-refractivity contribution in [2.24, 2.45) is 0 Å². The highest BCUT2D eigenvalue weighted by Gasteiger charge is 2.04. The van der Waals surface area contributed by atoms with Gasteiger partial charge in [-0.25, -0.2) is 0 Å². The Morgan fingerprint density at radius 2 is 2.00 bits per heavy atom. The third-order valence-electron chi connectivity index (χ3n) is 1.86. The minimum absolute atomic E-state index is 0.103. The van der Waals surface area contributed by atoms with E-state index in [9.17, 15) is 4.79 Å². The number of nitrogens with zero attached hydrogens (tertiary/aromatic N) is 1. The minimum atomic E-state index is 0.103. The van der Waals surface area contributed by atoms with Gasteiger partial charge in [0.25, 0.3) is 0 Å². The molecule has 0 saturated carbocycles. The van der Waals surface area contributed by atoms with E-state index < -0.39 is 0 Å². The molecular weight excluding hydrogens is 242 g/mol. The lowest BCUT2D eigenvalue weighted by molar-refractivity contribution is 0.101. The molecule has 0 atom stereocenters. The second kappa shape index (κ2) is 4.71. The van der Waals surface area contributed by atoms with Crippen molar-refractivity contribution in [3.8, 4) is 0 Å². The number of carbonyl (C=O) groups is 1. The van der Waals surface area contributed by atoms with Gasteiger partial charge >= 0.3 is 0 Å². The first kappa shape index (κ1) is 11.4. The van der Waals surface area contributed by atoms with Gasteiger partial charge in [0, 0.05) is 16.6 Å². The maximum atomic E-state index is 11.2. The van der Waals surface area contributed by atoms with Gasteiger partial charge in [0.05, 0.1) is 0 Å². The van der Waals surface area contributed by atoms with Crippen molar-refractivity contribution in [2.45, 2.75) is 13.5 Å². The molecule has 76 valence electrons. The molecule has 0 bridgehead atoms. The zero-order chi connectivity index (χ0) is 10.7. The number of ketones is 1. The predicted octanol–water partition coefficient (Wildman–Crippen LogP) is 2.71. The molecule has 1 aromatic carbocycles. The van der Waals surface area contributed by atoms with Gasteiger partial charge in [0.1, 0.15) is 0 Å². The smallest absolute Gasteiger partial charge is 0.159 e. The molecule has 0 saturated heterocycles. The van der Waals surface area contributed by atoms with Crippen molar-refractivity contribution in [2.75, 3.05) is 14.1 Å². The number of carbonyl (C=O) groups excluding carboxylic acids is 1. The van der Waals surface area contributed by atoms with Crippen LogP contribution in [0.15, 0.2) is 22.7 Å². The molecule has 14 heavy (non-hydrogen) atoms. The Morgan fingerprint density at radius 1 is 1.36 bits per heavy atom. The fourth-order valence-corrected chi connectivity index (χ4v) is 1.85. The summed E-state index contributed by atoms with van der Waals surface area (Å²) in [6.45, 7) is 2.43. The van der Waals surface area contributed by atoms with Gasteiger partial charge in [-0.15, -0.1) is 0 Å². The van der Waals surface area contributed by atoms with E-state index in [2.05, 4.69) is 20.8 Å². The number of benzene rings is 1. The van der Waals surface area contributed by atoms with E-state index in [4.69, 9.17) is 0 Å². The molecule has 3 heteroatoms. The van der Waals surface area contributed by atoms with Crippen LogP contribution in [0.25, 0.3) is 0 Å². The van der Waals surface area contributed by atoms with Crippen LogP contribution in [0, 0.1) is 0 Å². The van der Waals surface area contributed by atoms with Crippen LogP contribution in [0.3, 0.4) is 0 Å². The largest absolute Gasteiger partial charge is 0.305 e. The summed E-state index contributed by atoms with van der Waals surface area (Å²) in [5, 5.41) is 0. The lowest BCUT2D eigenvalue weighted by Gasteiger charge is -2.10. The van der Waals surface area contributed by atoms with Gasteiger partial charge in [-0.1, -0.05) is 15.9 Å². The molecule has 2 nitrogen and oxygen atoms in total. The average molecular weight is 256 g/mol. The average Bonchev–Trinajstić information content (AvgIpc) is 2.01. The van der Waals surface area contributed by atoms with Crippen molar-refractivity contribution >= 4 is 21.7 Å². The summed E-state index contributed by atoms with van der Waals surface area (Å²) >= 11 is 3.40. The molecule has 0 spiro atoms. The highest BCUT2D eigenvalue weighted by molar-refractivity contribution is 9.10. The van der Waals surface area contributed by atoms with E-state index in [1.807, 2.05) is 32.3 Å². The molecule has 0 aromatic heterocycles. The van der Waals surface area contributed by atoms with Gasteiger partial charge < -0.3 is 4.90 Å². The fraction of sp³-hybridized carbons (Fsp3) is 0.364. The van der Waals surface area contributed by atoms with E-state index in [-0.39, 0.29) is 5.78 Å². The topological polar surface area (TPSA) is 20.3 Å². The van der Waals surface area contributed by atoms with Gasteiger partial charge in [0.15, 0.2) is 5.78 Å². The van der Waals surface area contributed by atoms with Gasteiger partial charge in [0.2, 0.25) is 0 Å². The van der Waals surface area contributed by atoms with E-state index in [1.165, 1.54) is 0 Å². The Hall–Kier alpha value is -0.670. The van der Waals surface area contributed by atoms with Crippen molar-refractivity contribution in [3.05, 3.63) is 33.8 Å². The number of Topliss-reactive ketones (excluding diaryl/α,β-unsaturated/α-hetero) is 1. The standard InChI is InChI=1S/C11H14BrNO/c1-8(14)10-4-9(7-13(2)3)5-11(12)6-10/h4-6H,7H2,1-3H3. The second-order valence-corrected chi connectivity index (χ2v) is 4.56. The highest BCUT2D eigenvalue weighted by atomic mass is 79.9. The summed E-state index contributed by atoms with van der Waals surface area (Å²) in [5.74, 6) is 0.103. The lowest BCUT2D eigenvalue weighted by atomic mass is 10.1. The van der Waals surface area contributed by atoms with Crippen LogP contribution in [0.2, 0.25) is 0 Å². The van der Waals surface area contributed by atoms with Crippen molar-refractivity contribution < 1.29 is 4.79 Å². The molecule has 1 aromatic rings. The Labute approximate surface area is 93.0 Å². The monoisotopic (exact) mass is 255 g/mol. The van der Waals surface area contributed by atoms with Crippen LogP contribution in [0.1, 0.15) is 22.8 Å². The Morgan fingerprint density at radius 3 is 2.50 bits per heavy atom. The van der Waals surface area contributed by atoms with E-state index >= 15 is 0 Å². The van der Waals surface area contributed by atoms with E-state index in [0.29, 0.717) is 0 Å². The van der Waals surface area contributed by atoms with Crippen LogP contribution < -0.4 is 0 Å². The summed E-state index contributed by atoms with van der Waals surface area (Å²) < 4.78 is 0.960. The third kappa shape index (κ3) is 3.24. The molecule has 0 unspecified atom stereocenters. The first-order chi connectivity index (χ1) is 6.49. The molecule has 0 amide bonds. The van der Waals surface area contributed by atoms with E-state index in [1.54, 1.807) is 6.92 Å². The van der Waals surface area contributed by atoms with Gasteiger partial charge in [-0.05, 0) is 44.8 Å². The molecule has 0 radical (unpaired) electrons. The van der Waals surface area contributed by atoms with Gasteiger partial charge in [-0.3, -0.25) is 4.79 Å². The van der Waals surface area contributed by atoms with Crippen LogP contribution >= 0.6 is 15.9 Å². The molecule has 0 fully saturated rings. The first-order valence-electron chi connectivity index (χ1n) is 4.44. The first-order valence-corrected chi connectivity index (χ1v) is 5.23. The zero-order valence-corrected chi connectivity index (χ0v) is 10.3. The number of hydrogen-bond donors (Lipinski definition) is 0. The van der Waals surface area contributed by atoms with Crippen LogP contribution in [0.4, 0.5) is 0 Å². The Kier molecular flexibility index (Phi) is 3.84. The summed E-state index contributed by atoms with van der Waals surface area (Å²) in [4.78, 5) is 13.3. The Bertz CT molecular complexity index is 347. The summed E-state index contributed by atoms with van der Waals surface area (Å²) in [6.07, 6.45) is 0.